The van der Waals surface area contributed by atoms with Crippen molar-refractivity contribution in [2.24, 2.45) is 5.73 Å². The van der Waals surface area contributed by atoms with Gasteiger partial charge in [0.2, 0.25) is 11.8 Å². The predicted molar refractivity (Wildman–Crippen MR) is 97.0 cm³/mol. The fourth-order valence-corrected chi connectivity index (χ4v) is 2.58. The summed E-state index contributed by atoms with van der Waals surface area (Å²) in [5.41, 5.74) is 6.75. The van der Waals surface area contributed by atoms with Gasteiger partial charge in [0.1, 0.15) is 18.8 Å². The molecule has 0 saturated heterocycles. The maximum atomic E-state index is 11.7. The van der Waals surface area contributed by atoms with Crippen LogP contribution in [0.25, 0.3) is 0 Å². The van der Waals surface area contributed by atoms with E-state index in [0.717, 1.165) is 16.9 Å². The predicted octanol–water partition coefficient (Wildman–Crippen LogP) is 2.58. The van der Waals surface area contributed by atoms with Crippen molar-refractivity contribution in [2.45, 2.75) is 38.8 Å². The van der Waals surface area contributed by atoms with E-state index in [1.807, 2.05) is 68.4 Å². The van der Waals surface area contributed by atoms with Gasteiger partial charge in [0.25, 0.3) is 0 Å². The van der Waals surface area contributed by atoms with E-state index in [0.29, 0.717) is 13.0 Å². The highest BCUT2D eigenvalue weighted by Crippen LogP contribution is 2.18. The third-order valence-electron chi connectivity index (χ3n) is 3.63. The molecule has 0 aliphatic carbocycles. The van der Waals surface area contributed by atoms with E-state index in [1.54, 1.807) is 0 Å². The van der Waals surface area contributed by atoms with Crippen LogP contribution in [0.5, 0.6) is 5.75 Å². The number of nitrogens with one attached hydrogen (secondary N) is 1. The van der Waals surface area contributed by atoms with E-state index in [2.05, 4.69) is 5.32 Å². The molecule has 2 aromatic rings. The first-order valence-electron chi connectivity index (χ1n) is 8.19. The van der Waals surface area contributed by atoms with E-state index in [1.165, 1.54) is 0 Å². The summed E-state index contributed by atoms with van der Waals surface area (Å²) in [4.78, 5) is 22.5. The molecule has 0 unspecified atom stereocenters. The lowest BCUT2D eigenvalue weighted by atomic mass is 9.94. The van der Waals surface area contributed by atoms with Crippen molar-refractivity contribution in [3.8, 4) is 5.75 Å². The fourth-order valence-electron chi connectivity index (χ4n) is 2.58. The molecule has 5 heteroatoms. The van der Waals surface area contributed by atoms with Gasteiger partial charge in [-0.1, -0.05) is 42.5 Å². The first-order chi connectivity index (χ1) is 11.8. The number of rotatable bonds is 8. The summed E-state index contributed by atoms with van der Waals surface area (Å²) in [7, 11) is 0. The highest BCUT2D eigenvalue weighted by Gasteiger charge is 2.21. The topological polar surface area (TPSA) is 81.4 Å². The molecule has 2 amide bonds. The maximum Gasteiger partial charge on any atom is 0.229 e. The molecule has 25 heavy (non-hydrogen) atoms. The Bertz CT molecular complexity index is 709. The van der Waals surface area contributed by atoms with Gasteiger partial charge < -0.3 is 15.8 Å². The number of nitrogens with two attached hydrogens (primary N) is 1. The van der Waals surface area contributed by atoms with Crippen LogP contribution < -0.4 is 15.8 Å². The maximum absolute atomic E-state index is 11.7. The number of hydrogen-bond acceptors (Lipinski definition) is 3. The van der Waals surface area contributed by atoms with Gasteiger partial charge in [0.05, 0.1) is 0 Å². The monoisotopic (exact) mass is 340 g/mol. The van der Waals surface area contributed by atoms with Crippen LogP contribution in [0.2, 0.25) is 0 Å². The Labute approximate surface area is 148 Å². The van der Waals surface area contributed by atoms with Crippen molar-refractivity contribution in [3.63, 3.8) is 0 Å². The lowest BCUT2D eigenvalue weighted by molar-refractivity contribution is -0.128. The molecule has 2 rings (SSSR count). The molecule has 0 saturated carbocycles. The van der Waals surface area contributed by atoms with Gasteiger partial charge in [0.15, 0.2) is 0 Å². The van der Waals surface area contributed by atoms with Crippen LogP contribution >= 0.6 is 0 Å². The number of primary amides is 1. The van der Waals surface area contributed by atoms with Crippen LogP contribution in [0.3, 0.4) is 0 Å². The largest absolute Gasteiger partial charge is 0.489 e. The number of hydrogen-bond donors (Lipinski definition) is 2. The lowest BCUT2D eigenvalue weighted by Gasteiger charge is -2.26. The highest BCUT2D eigenvalue weighted by molar-refractivity contribution is 5.96. The highest BCUT2D eigenvalue weighted by atomic mass is 16.5. The molecule has 0 bridgehead atoms. The second-order valence-electron chi connectivity index (χ2n) is 6.67. The molecule has 132 valence electrons. The Hall–Kier alpha value is -2.82. The summed E-state index contributed by atoms with van der Waals surface area (Å²) in [6.07, 6.45) is 0.339. The minimum absolute atomic E-state index is 0.296. The molecule has 0 aliphatic rings. The van der Waals surface area contributed by atoms with Crippen molar-refractivity contribution >= 4 is 11.8 Å². The van der Waals surface area contributed by atoms with E-state index in [9.17, 15) is 9.59 Å². The van der Waals surface area contributed by atoms with Gasteiger partial charge in [0, 0.05) is 5.54 Å². The molecule has 0 spiro atoms. The quantitative estimate of drug-likeness (QED) is 0.725. The van der Waals surface area contributed by atoms with Crippen molar-refractivity contribution in [1.29, 1.82) is 0 Å². The minimum Gasteiger partial charge on any atom is -0.489 e. The summed E-state index contributed by atoms with van der Waals surface area (Å²) in [6.45, 7) is 4.34. The third kappa shape index (κ3) is 6.67. The summed E-state index contributed by atoms with van der Waals surface area (Å²) >= 11 is 0. The van der Waals surface area contributed by atoms with Gasteiger partial charge in [-0.15, -0.1) is 0 Å². The van der Waals surface area contributed by atoms with E-state index in [-0.39, 0.29) is 12.3 Å². The van der Waals surface area contributed by atoms with Gasteiger partial charge in [-0.3, -0.25) is 9.59 Å². The zero-order chi connectivity index (χ0) is 18.3. The molecule has 3 N–H and O–H groups in total. The average Bonchev–Trinajstić information content (AvgIpc) is 2.53. The van der Waals surface area contributed by atoms with Crippen LogP contribution in [0.15, 0.2) is 54.6 Å². The molecule has 0 radical (unpaired) electrons. The molecule has 0 fully saturated rings. The Balaban J connectivity index is 1.88. The first-order valence-corrected chi connectivity index (χ1v) is 8.19. The Morgan fingerprint density at radius 3 is 2.24 bits per heavy atom. The summed E-state index contributed by atoms with van der Waals surface area (Å²) in [5.74, 6) is -0.197. The smallest absolute Gasteiger partial charge is 0.229 e. The van der Waals surface area contributed by atoms with Crippen LogP contribution in [0, 0.1) is 0 Å². The number of amides is 2. The Morgan fingerprint density at radius 2 is 1.64 bits per heavy atom. The van der Waals surface area contributed by atoms with Crippen molar-refractivity contribution in [2.75, 3.05) is 0 Å². The average molecular weight is 340 g/mol. The van der Waals surface area contributed by atoms with E-state index >= 15 is 0 Å². The zero-order valence-corrected chi connectivity index (χ0v) is 14.6. The van der Waals surface area contributed by atoms with Crippen LogP contribution in [-0.2, 0) is 22.6 Å². The third-order valence-corrected chi connectivity index (χ3v) is 3.63. The minimum atomic E-state index is -0.631. The van der Waals surface area contributed by atoms with E-state index < -0.39 is 11.4 Å². The Morgan fingerprint density at radius 1 is 1.00 bits per heavy atom. The summed E-state index contributed by atoms with van der Waals surface area (Å²) < 4.78 is 5.76. The van der Waals surface area contributed by atoms with Crippen LogP contribution in [0.4, 0.5) is 0 Å². The van der Waals surface area contributed by atoms with Crippen LogP contribution in [-0.4, -0.2) is 17.4 Å². The molecule has 2 aromatic carbocycles. The molecular weight excluding hydrogens is 316 g/mol. The molecule has 0 heterocycles. The molecule has 0 aliphatic heterocycles. The van der Waals surface area contributed by atoms with Gasteiger partial charge in [-0.2, -0.15) is 0 Å². The SMILES string of the molecule is CC(C)(Cc1ccc(OCc2ccccc2)cc1)NC(=O)CC(N)=O. The number of carbonyl (C=O) groups excluding carboxylic acids is 2. The number of ether oxygens (including phenoxy) is 1. The Kier molecular flexibility index (Phi) is 6.17. The second kappa shape index (κ2) is 8.33. The van der Waals surface area contributed by atoms with Gasteiger partial charge in [-0.05, 0) is 43.5 Å². The first kappa shape index (κ1) is 18.5. The zero-order valence-electron chi connectivity index (χ0n) is 14.6. The number of benzene rings is 2. The molecule has 0 aromatic heterocycles. The second-order valence-corrected chi connectivity index (χ2v) is 6.67. The van der Waals surface area contributed by atoms with E-state index in [4.69, 9.17) is 10.5 Å². The standard InChI is InChI=1S/C20H24N2O3/c1-20(2,22-19(24)12-18(21)23)13-15-8-10-17(11-9-15)25-14-16-6-4-3-5-7-16/h3-11H,12-14H2,1-2H3,(H2,21,23)(H,22,24). The van der Waals surface area contributed by atoms with Crippen LogP contribution in [0.1, 0.15) is 31.4 Å². The lowest BCUT2D eigenvalue weighted by Crippen LogP contribution is -2.46. The molecule has 5 nitrogen and oxygen atoms in total. The van der Waals surface area contributed by atoms with Gasteiger partial charge in [-0.25, -0.2) is 0 Å². The van der Waals surface area contributed by atoms with Crippen molar-refractivity contribution in [3.05, 3.63) is 65.7 Å². The van der Waals surface area contributed by atoms with Gasteiger partial charge >= 0.3 is 0 Å². The summed E-state index contributed by atoms with van der Waals surface area (Å²) in [5, 5.41) is 2.83. The molecule has 0 atom stereocenters. The fraction of sp³-hybridized carbons (Fsp3) is 0.300. The van der Waals surface area contributed by atoms with Crippen molar-refractivity contribution in [1.82, 2.24) is 5.32 Å². The van der Waals surface area contributed by atoms with Crippen molar-refractivity contribution < 1.29 is 14.3 Å². The molecular formula is C20H24N2O3. The number of carbonyl (C=O) groups is 2. The summed E-state index contributed by atoms with van der Waals surface area (Å²) in [6, 6.07) is 17.8. The normalized spacial score (nSPS) is 11.0.